The van der Waals surface area contributed by atoms with Crippen LogP contribution in [-0.2, 0) is 13.0 Å². The number of piperidine rings is 1. The Balaban J connectivity index is 1.33. The number of rotatable bonds is 5. The zero-order valence-electron chi connectivity index (χ0n) is 15.7. The molecule has 26 heavy (non-hydrogen) atoms. The molecule has 1 fully saturated rings. The molecule has 1 atom stereocenters. The van der Waals surface area contributed by atoms with Crippen LogP contribution in [0.5, 0.6) is 0 Å². The highest BCUT2D eigenvalue weighted by molar-refractivity contribution is 5.37. The third kappa shape index (κ3) is 4.22. The molecule has 1 aromatic carbocycles. The Morgan fingerprint density at radius 3 is 2.96 bits per heavy atom. The van der Waals surface area contributed by atoms with E-state index in [1.165, 1.54) is 29.7 Å². The van der Waals surface area contributed by atoms with Crippen molar-refractivity contribution in [3.63, 3.8) is 0 Å². The van der Waals surface area contributed by atoms with Gasteiger partial charge in [0.05, 0.1) is 5.69 Å². The van der Waals surface area contributed by atoms with Crippen molar-refractivity contribution in [3.8, 4) is 0 Å². The lowest BCUT2D eigenvalue weighted by molar-refractivity contribution is 0.264. The van der Waals surface area contributed by atoms with Gasteiger partial charge in [-0.05, 0) is 43.9 Å². The Morgan fingerprint density at radius 1 is 1.23 bits per heavy atom. The van der Waals surface area contributed by atoms with Gasteiger partial charge in [0.2, 0.25) is 0 Å². The van der Waals surface area contributed by atoms with Crippen LogP contribution in [0.25, 0.3) is 0 Å². The van der Waals surface area contributed by atoms with Crippen LogP contribution in [0.1, 0.15) is 41.4 Å². The van der Waals surface area contributed by atoms with Crippen LogP contribution in [-0.4, -0.2) is 47.6 Å². The summed E-state index contributed by atoms with van der Waals surface area (Å²) in [6.07, 6.45) is 3.60. The number of aryl methyl sites for hydroxylation is 1. The van der Waals surface area contributed by atoms with Crippen molar-refractivity contribution in [1.82, 2.24) is 20.2 Å². The molecule has 0 unspecified atom stereocenters. The van der Waals surface area contributed by atoms with Crippen LogP contribution in [0.3, 0.4) is 0 Å². The molecule has 2 N–H and O–H groups in total. The molecule has 4 rings (SSSR count). The summed E-state index contributed by atoms with van der Waals surface area (Å²) in [5.41, 5.74) is 4.16. The lowest BCUT2D eigenvalue weighted by Crippen LogP contribution is -2.34. The predicted octanol–water partition coefficient (Wildman–Crippen LogP) is 2.72. The highest BCUT2D eigenvalue weighted by atomic mass is 15.1. The maximum atomic E-state index is 4.68. The van der Waals surface area contributed by atoms with Crippen molar-refractivity contribution in [2.75, 3.05) is 38.0 Å². The number of aromatic nitrogens is 2. The summed E-state index contributed by atoms with van der Waals surface area (Å²) in [5.74, 6) is 2.35. The molecule has 5 nitrogen and oxygen atoms in total. The van der Waals surface area contributed by atoms with Gasteiger partial charge >= 0.3 is 0 Å². The van der Waals surface area contributed by atoms with Gasteiger partial charge in [0.1, 0.15) is 11.6 Å². The normalized spacial score (nSPS) is 20.6. The largest absolute Gasteiger partial charge is 0.369 e. The molecule has 1 saturated heterocycles. The maximum Gasteiger partial charge on any atom is 0.129 e. The average Bonchev–Trinajstić information content (AvgIpc) is 2.68. The quantitative estimate of drug-likeness (QED) is 0.867. The molecule has 0 saturated carbocycles. The van der Waals surface area contributed by atoms with Crippen molar-refractivity contribution < 1.29 is 0 Å². The van der Waals surface area contributed by atoms with Crippen LogP contribution in [0.15, 0.2) is 30.3 Å². The second kappa shape index (κ2) is 8.14. The summed E-state index contributed by atoms with van der Waals surface area (Å²) in [4.78, 5) is 11.8. The topological polar surface area (TPSA) is 53.1 Å². The standard InChI is InChI=1S/C21H29N5/c1-16-24-20(18-7-4-9-22-14-18)13-21(25-16)23-10-12-26-11-8-17-5-2-3-6-19(17)15-26/h2-3,5-6,13,18,22H,4,7-12,14-15H2,1H3,(H,23,24,25)/t18-/m0/s1. The Kier molecular flexibility index (Phi) is 5.46. The molecule has 0 aliphatic carbocycles. The van der Waals surface area contributed by atoms with Gasteiger partial charge in [-0.15, -0.1) is 0 Å². The molecule has 5 heteroatoms. The van der Waals surface area contributed by atoms with Crippen molar-refractivity contribution in [2.24, 2.45) is 0 Å². The van der Waals surface area contributed by atoms with E-state index in [0.717, 1.165) is 57.3 Å². The van der Waals surface area contributed by atoms with Crippen molar-refractivity contribution in [1.29, 1.82) is 0 Å². The van der Waals surface area contributed by atoms with E-state index in [-0.39, 0.29) is 0 Å². The molecular formula is C21H29N5. The van der Waals surface area contributed by atoms with E-state index in [4.69, 9.17) is 0 Å². The van der Waals surface area contributed by atoms with E-state index >= 15 is 0 Å². The zero-order valence-corrected chi connectivity index (χ0v) is 15.7. The third-order valence-corrected chi connectivity index (χ3v) is 5.52. The first-order valence-electron chi connectivity index (χ1n) is 9.87. The van der Waals surface area contributed by atoms with Crippen molar-refractivity contribution in [3.05, 3.63) is 53.0 Å². The molecule has 2 aliphatic heterocycles. The molecule has 3 heterocycles. The summed E-state index contributed by atoms with van der Waals surface area (Å²) < 4.78 is 0. The van der Waals surface area contributed by atoms with Gasteiger partial charge in [0.25, 0.3) is 0 Å². The predicted molar refractivity (Wildman–Crippen MR) is 106 cm³/mol. The molecule has 2 aromatic rings. The summed E-state index contributed by atoms with van der Waals surface area (Å²) in [7, 11) is 0. The Bertz CT molecular complexity index is 739. The summed E-state index contributed by atoms with van der Waals surface area (Å²) in [6.45, 7) is 8.30. The van der Waals surface area contributed by atoms with Gasteiger partial charge in [-0.2, -0.15) is 0 Å². The van der Waals surface area contributed by atoms with Gasteiger partial charge in [-0.1, -0.05) is 24.3 Å². The fraction of sp³-hybridized carbons (Fsp3) is 0.524. The van der Waals surface area contributed by atoms with Gasteiger partial charge in [-0.25, -0.2) is 9.97 Å². The van der Waals surface area contributed by atoms with Crippen LogP contribution >= 0.6 is 0 Å². The molecule has 0 amide bonds. The molecule has 1 aromatic heterocycles. The first-order chi connectivity index (χ1) is 12.8. The highest BCUT2D eigenvalue weighted by Crippen LogP contribution is 2.23. The van der Waals surface area contributed by atoms with Gasteiger partial charge in [-0.3, -0.25) is 4.90 Å². The molecular weight excluding hydrogens is 322 g/mol. The molecule has 2 aliphatic rings. The number of anilines is 1. The van der Waals surface area contributed by atoms with E-state index in [1.54, 1.807) is 0 Å². The number of hydrogen-bond acceptors (Lipinski definition) is 5. The highest BCUT2D eigenvalue weighted by Gasteiger charge is 2.18. The second-order valence-electron chi connectivity index (χ2n) is 7.49. The Morgan fingerprint density at radius 2 is 2.12 bits per heavy atom. The summed E-state index contributed by atoms with van der Waals surface area (Å²) in [6, 6.07) is 11.0. The van der Waals surface area contributed by atoms with Crippen LogP contribution < -0.4 is 10.6 Å². The van der Waals surface area contributed by atoms with Gasteiger partial charge in [0, 0.05) is 44.7 Å². The van der Waals surface area contributed by atoms with E-state index in [2.05, 4.69) is 55.8 Å². The minimum absolute atomic E-state index is 0.518. The van der Waals surface area contributed by atoms with Crippen LogP contribution in [0.4, 0.5) is 5.82 Å². The molecule has 0 spiro atoms. The van der Waals surface area contributed by atoms with Gasteiger partial charge < -0.3 is 10.6 Å². The summed E-state index contributed by atoms with van der Waals surface area (Å²) in [5, 5.41) is 7.00. The number of nitrogens with one attached hydrogen (secondary N) is 2. The second-order valence-corrected chi connectivity index (χ2v) is 7.49. The number of benzene rings is 1. The minimum atomic E-state index is 0.518. The Labute approximate surface area is 156 Å². The fourth-order valence-electron chi connectivity index (χ4n) is 4.08. The zero-order chi connectivity index (χ0) is 17.8. The minimum Gasteiger partial charge on any atom is -0.369 e. The SMILES string of the molecule is Cc1nc(NCCN2CCc3ccccc3C2)cc([C@H]2CCCNC2)n1. The van der Waals surface area contributed by atoms with E-state index in [1.807, 2.05) is 6.92 Å². The van der Waals surface area contributed by atoms with E-state index in [9.17, 15) is 0 Å². The smallest absolute Gasteiger partial charge is 0.129 e. The van der Waals surface area contributed by atoms with Crippen LogP contribution in [0.2, 0.25) is 0 Å². The number of hydrogen-bond donors (Lipinski definition) is 2. The third-order valence-electron chi connectivity index (χ3n) is 5.52. The number of nitrogens with zero attached hydrogens (tertiary/aromatic N) is 3. The first kappa shape index (κ1) is 17.4. The molecule has 0 radical (unpaired) electrons. The maximum absolute atomic E-state index is 4.68. The average molecular weight is 351 g/mol. The van der Waals surface area contributed by atoms with Crippen molar-refractivity contribution >= 4 is 5.82 Å². The van der Waals surface area contributed by atoms with E-state index < -0.39 is 0 Å². The van der Waals surface area contributed by atoms with E-state index in [0.29, 0.717) is 5.92 Å². The van der Waals surface area contributed by atoms with Gasteiger partial charge in [0.15, 0.2) is 0 Å². The van der Waals surface area contributed by atoms with Crippen LogP contribution in [0, 0.1) is 6.92 Å². The lowest BCUT2D eigenvalue weighted by atomic mass is 9.96. The lowest BCUT2D eigenvalue weighted by Gasteiger charge is -2.28. The molecule has 0 bridgehead atoms. The molecule has 138 valence electrons. The first-order valence-corrected chi connectivity index (χ1v) is 9.87. The Hall–Kier alpha value is -1.98. The fourth-order valence-corrected chi connectivity index (χ4v) is 4.08. The number of fused-ring (bicyclic) bond motifs is 1. The van der Waals surface area contributed by atoms with Crippen molar-refractivity contribution in [2.45, 2.75) is 38.6 Å². The monoisotopic (exact) mass is 351 g/mol. The summed E-state index contributed by atoms with van der Waals surface area (Å²) >= 11 is 0.